The van der Waals surface area contributed by atoms with Gasteiger partial charge in [0.25, 0.3) is 0 Å². The average Bonchev–Trinajstić information content (AvgIpc) is 3.54. The molecular weight excluding hydrogens is 470 g/mol. The van der Waals surface area contributed by atoms with Gasteiger partial charge in [0.15, 0.2) is 12.6 Å². The maximum atomic E-state index is 10.6. The molecule has 0 amide bonds. The van der Waals surface area contributed by atoms with Gasteiger partial charge in [0, 0.05) is 5.92 Å². The molecule has 0 saturated carbocycles. The molecule has 2 saturated heterocycles. The van der Waals surface area contributed by atoms with Crippen LogP contribution in [0.1, 0.15) is 5.69 Å². The van der Waals surface area contributed by atoms with Crippen LogP contribution < -0.4 is 0 Å². The Balaban J connectivity index is 1.35. The molecule has 0 bridgehead atoms. The van der Waals surface area contributed by atoms with Gasteiger partial charge in [-0.1, -0.05) is 29.5 Å². The molecule has 1 aromatic rings. The van der Waals surface area contributed by atoms with Gasteiger partial charge < -0.3 is 54.7 Å². The number of nitrogens with zero attached hydrogens (tertiary/aromatic N) is 3. The van der Waals surface area contributed by atoms with E-state index in [9.17, 15) is 35.7 Å². The molecule has 35 heavy (non-hydrogen) atoms. The van der Waals surface area contributed by atoms with Crippen molar-refractivity contribution in [2.45, 2.75) is 74.6 Å². The van der Waals surface area contributed by atoms with E-state index in [1.807, 2.05) is 24.3 Å². The summed E-state index contributed by atoms with van der Waals surface area (Å²) in [5.74, 6) is 0.218. The third kappa shape index (κ3) is 5.79. The minimum Gasteiger partial charge on any atom is -0.394 e. The summed E-state index contributed by atoms with van der Waals surface area (Å²) in [5.41, 5.74) is 0.460. The molecule has 0 unspecified atom stereocenters. The van der Waals surface area contributed by atoms with Crippen molar-refractivity contribution in [3.8, 4) is 0 Å². The fourth-order valence-electron chi connectivity index (χ4n) is 4.17. The molecule has 10 atom stereocenters. The first kappa shape index (κ1) is 26.2. The lowest BCUT2D eigenvalue weighted by molar-refractivity contribution is -0.360. The summed E-state index contributed by atoms with van der Waals surface area (Å²) in [7, 11) is 0. The van der Waals surface area contributed by atoms with Gasteiger partial charge >= 0.3 is 0 Å². The summed E-state index contributed by atoms with van der Waals surface area (Å²) in [4.78, 5) is 0. The van der Waals surface area contributed by atoms with Crippen LogP contribution in [0.15, 0.2) is 30.5 Å². The number of aliphatic hydroxyl groups is 7. The molecule has 14 heteroatoms. The normalized spacial score (nSPS) is 40.0. The van der Waals surface area contributed by atoms with Crippen molar-refractivity contribution in [2.24, 2.45) is 5.92 Å². The van der Waals surface area contributed by atoms with Crippen molar-refractivity contribution in [1.82, 2.24) is 15.0 Å². The zero-order chi connectivity index (χ0) is 25.1. The maximum absolute atomic E-state index is 10.6. The summed E-state index contributed by atoms with van der Waals surface area (Å²) in [6.45, 7) is -0.814. The Morgan fingerprint density at radius 1 is 0.829 bits per heavy atom. The smallest absolute Gasteiger partial charge is 0.187 e. The number of aromatic nitrogens is 3. The summed E-state index contributed by atoms with van der Waals surface area (Å²) < 4.78 is 23.6. The van der Waals surface area contributed by atoms with Crippen LogP contribution in [0.2, 0.25) is 0 Å². The van der Waals surface area contributed by atoms with Gasteiger partial charge in [-0.2, -0.15) is 0 Å². The first-order valence-electron chi connectivity index (χ1n) is 11.3. The molecule has 2 aliphatic heterocycles. The van der Waals surface area contributed by atoms with Crippen molar-refractivity contribution in [1.29, 1.82) is 0 Å². The zero-order valence-corrected chi connectivity index (χ0v) is 18.7. The van der Waals surface area contributed by atoms with Gasteiger partial charge in [-0.05, 0) is 0 Å². The second-order valence-electron chi connectivity index (χ2n) is 8.68. The average molecular weight is 501 g/mol. The fourth-order valence-corrected chi connectivity index (χ4v) is 4.17. The SMILES string of the molecule is OC[C@H]1O[C@@H](O[C@H]2[C@H](O)[C@@H](O)[C@H](OCc3cn(CC4C=CC=C4)nn3)O[C@@H]2CO)[C@H](O)[C@@H](O)[C@H]1O. The quantitative estimate of drug-likeness (QED) is 0.173. The molecule has 4 rings (SSSR count). The number of hydrogen-bond donors (Lipinski definition) is 7. The highest BCUT2D eigenvalue weighted by atomic mass is 16.7. The van der Waals surface area contributed by atoms with Crippen LogP contribution >= 0.6 is 0 Å². The standard InChI is InChI=1S/C21H31N3O11/c25-7-12-14(27)15(28)17(30)21(33-12)35-19-13(8-26)34-20(18(31)16(19)29)32-9-11-6-24(23-22-11)5-10-3-1-2-4-10/h1-4,6,10,12-21,25-31H,5,7-9H2/t12-,13-,14+,15+,16-,17-,18-,19-,20-,21+/m1/s1. The Labute approximate surface area is 200 Å². The molecule has 7 N–H and O–H groups in total. The Hall–Kier alpha value is -1.82. The third-order valence-corrected chi connectivity index (χ3v) is 6.17. The van der Waals surface area contributed by atoms with Crippen LogP contribution in [0.25, 0.3) is 0 Å². The Morgan fingerprint density at radius 3 is 2.17 bits per heavy atom. The van der Waals surface area contributed by atoms with Crippen molar-refractivity contribution in [3.05, 3.63) is 36.2 Å². The number of allylic oxidation sites excluding steroid dienone is 4. The predicted molar refractivity (Wildman–Crippen MR) is 113 cm³/mol. The highest BCUT2D eigenvalue weighted by Crippen LogP contribution is 2.29. The van der Waals surface area contributed by atoms with Gasteiger partial charge in [-0.15, -0.1) is 5.10 Å². The fraction of sp³-hybridized carbons (Fsp3) is 0.714. The van der Waals surface area contributed by atoms with E-state index in [1.54, 1.807) is 10.9 Å². The van der Waals surface area contributed by atoms with E-state index in [1.165, 1.54) is 0 Å². The molecule has 0 spiro atoms. The second kappa shape index (κ2) is 11.5. The van der Waals surface area contributed by atoms with E-state index in [0.29, 0.717) is 12.2 Å². The number of rotatable bonds is 9. The summed E-state index contributed by atoms with van der Waals surface area (Å²) in [5, 5.41) is 78.3. The van der Waals surface area contributed by atoms with Gasteiger partial charge in [-0.25, -0.2) is 0 Å². The molecule has 3 heterocycles. The van der Waals surface area contributed by atoms with E-state index >= 15 is 0 Å². The molecule has 3 aliphatic rings. The molecule has 1 aliphatic carbocycles. The lowest BCUT2D eigenvalue weighted by Crippen LogP contribution is -2.64. The number of aliphatic hydroxyl groups excluding tert-OH is 7. The van der Waals surface area contributed by atoms with E-state index in [0.717, 1.165) is 0 Å². The van der Waals surface area contributed by atoms with Gasteiger partial charge in [0.05, 0.1) is 32.6 Å². The zero-order valence-electron chi connectivity index (χ0n) is 18.7. The van der Waals surface area contributed by atoms with Crippen LogP contribution in [0.5, 0.6) is 0 Å². The van der Waals surface area contributed by atoms with Crippen LogP contribution in [0.3, 0.4) is 0 Å². The van der Waals surface area contributed by atoms with Crippen LogP contribution in [0, 0.1) is 5.92 Å². The highest BCUT2D eigenvalue weighted by Gasteiger charge is 2.50. The molecule has 0 radical (unpaired) electrons. The lowest BCUT2D eigenvalue weighted by Gasteiger charge is -2.45. The van der Waals surface area contributed by atoms with E-state index in [4.69, 9.17) is 18.9 Å². The lowest BCUT2D eigenvalue weighted by atomic mass is 9.97. The van der Waals surface area contributed by atoms with Gasteiger partial charge in [0.2, 0.25) is 0 Å². The minimum absolute atomic E-state index is 0.0961. The largest absolute Gasteiger partial charge is 0.394 e. The molecule has 14 nitrogen and oxygen atoms in total. The molecule has 0 aromatic carbocycles. The molecular formula is C21H31N3O11. The van der Waals surface area contributed by atoms with E-state index < -0.39 is 74.6 Å². The van der Waals surface area contributed by atoms with Crippen molar-refractivity contribution in [3.63, 3.8) is 0 Å². The van der Waals surface area contributed by atoms with Crippen molar-refractivity contribution >= 4 is 0 Å². The topological polar surface area (TPSA) is 209 Å². The molecule has 2 fully saturated rings. The van der Waals surface area contributed by atoms with E-state index in [2.05, 4.69) is 10.3 Å². The second-order valence-corrected chi connectivity index (χ2v) is 8.68. The summed E-state index contributed by atoms with van der Waals surface area (Å²) >= 11 is 0. The number of hydrogen-bond acceptors (Lipinski definition) is 13. The van der Waals surface area contributed by atoms with Crippen molar-refractivity contribution in [2.75, 3.05) is 13.2 Å². The van der Waals surface area contributed by atoms with Crippen LogP contribution in [0.4, 0.5) is 0 Å². The molecule has 196 valence electrons. The van der Waals surface area contributed by atoms with Gasteiger partial charge in [0.1, 0.15) is 54.5 Å². The van der Waals surface area contributed by atoms with Gasteiger partial charge in [-0.3, -0.25) is 4.68 Å². The minimum atomic E-state index is -1.73. The molecule has 1 aromatic heterocycles. The van der Waals surface area contributed by atoms with Crippen LogP contribution in [-0.4, -0.2) is 125 Å². The van der Waals surface area contributed by atoms with E-state index in [-0.39, 0.29) is 12.5 Å². The first-order valence-corrected chi connectivity index (χ1v) is 11.3. The Morgan fingerprint density at radius 2 is 1.49 bits per heavy atom. The maximum Gasteiger partial charge on any atom is 0.187 e. The third-order valence-electron chi connectivity index (χ3n) is 6.17. The summed E-state index contributed by atoms with van der Waals surface area (Å²) in [6.07, 6.45) is -5.42. The highest BCUT2D eigenvalue weighted by molar-refractivity contribution is 5.17. The van der Waals surface area contributed by atoms with Crippen LogP contribution in [-0.2, 0) is 32.1 Å². The predicted octanol–water partition coefficient (Wildman–Crippen LogP) is -3.84. The Bertz CT molecular complexity index is 866. The summed E-state index contributed by atoms with van der Waals surface area (Å²) in [6, 6.07) is 0. The van der Waals surface area contributed by atoms with Crippen molar-refractivity contribution < 1.29 is 54.7 Å². The number of ether oxygens (including phenoxy) is 4. The first-order chi connectivity index (χ1) is 16.8. The monoisotopic (exact) mass is 501 g/mol. The Kier molecular flexibility index (Phi) is 8.62.